The lowest BCUT2D eigenvalue weighted by molar-refractivity contribution is 0.0697. The number of hydrogen-bond acceptors (Lipinski definition) is 4. The Balaban J connectivity index is 1.73. The van der Waals surface area contributed by atoms with Gasteiger partial charge in [0.05, 0.1) is 11.3 Å². The highest BCUT2D eigenvalue weighted by molar-refractivity contribution is 5.87. The molecule has 0 spiro atoms. The monoisotopic (exact) mass is 313 g/mol. The van der Waals surface area contributed by atoms with Gasteiger partial charge in [0.1, 0.15) is 0 Å². The number of hydrogen-bond donors (Lipinski definition) is 1. The molecule has 6 nitrogen and oxygen atoms in total. The molecule has 1 aliphatic heterocycles. The number of nitrogens with zero attached hydrogens (tertiary/aromatic N) is 3. The molecule has 1 aliphatic rings. The largest absolute Gasteiger partial charge is 0.478 e. The molecule has 2 heterocycles. The van der Waals surface area contributed by atoms with Crippen molar-refractivity contribution in [3.63, 3.8) is 0 Å². The van der Waals surface area contributed by atoms with Gasteiger partial charge in [-0.3, -0.25) is 9.69 Å². The van der Waals surface area contributed by atoms with E-state index in [2.05, 4.69) is 10.00 Å². The number of rotatable bonds is 4. The predicted molar refractivity (Wildman–Crippen MR) is 85.4 cm³/mol. The molecule has 2 aromatic rings. The first-order chi connectivity index (χ1) is 11.1. The van der Waals surface area contributed by atoms with Crippen LogP contribution in [0.4, 0.5) is 0 Å². The second-order valence-corrected chi connectivity index (χ2v) is 5.73. The Hall–Kier alpha value is -2.47. The Morgan fingerprint density at radius 2 is 2.04 bits per heavy atom. The van der Waals surface area contributed by atoms with Crippen LogP contribution in [0.15, 0.2) is 35.1 Å². The molecule has 0 saturated carbocycles. The van der Waals surface area contributed by atoms with Crippen LogP contribution in [0.3, 0.4) is 0 Å². The van der Waals surface area contributed by atoms with Gasteiger partial charge in [0.25, 0.3) is 5.56 Å². The van der Waals surface area contributed by atoms with Gasteiger partial charge in [-0.1, -0.05) is 12.1 Å². The molecule has 0 unspecified atom stereocenters. The molecule has 3 rings (SSSR count). The van der Waals surface area contributed by atoms with Crippen LogP contribution in [-0.4, -0.2) is 32.3 Å². The molecule has 0 aliphatic carbocycles. The molecule has 1 aromatic carbocycles. The summed E-state index contributed by atoms with van der Waals surface area (Å²) >= 11 is 0. The lowest BCUT2D eigenvalue weighted by Crippen LogP contribution is -2.34. The van der Waals surface area contributed by atoms with Gasteiger partial charge in [-0.15, -0.1) is 0 Å². The normalized spacial score (nSPS) is 14.5. The van der Waals surface area contributed by atoms with Crippen LogP contribution >= 0.6 is 0 Å². The number of carboxylic acid groups (broad SMARTS) is 1. The van der Waals surface area contributed by atoms with E-state index in [0.29, 0.717) is 18.7 Å². The quantitative estimate of drug-likeness (QED) is 0.926. The van der Waals surface area contributed by atoms with Crippen molar-refractivity contribution in [2.24, 2.45) is 0 Å². The van der Waals surface area contributed by atoms with Crippen LogP contribution in [0.2, 0.25) is 0 Å². The van der Waals surface area contributed by atoms with Crippen LogP contribution in [0, 0.1) is 0 Å². The second kappa shape index (κ2) is 6.34. The highest BCUT2D eigenvalue weighted by Crippen LogP contribution is 2.18. The number of aromatic carboxylic acids is 1. The van der Waals surface area contributed by atoms with E-state index >= 15 is 0 Å². The molecule has 0 amide bonds. The van der Waals surface area contributed by atoms with Crippen LogP contribution < -0.4 is 5.56 Å². The lowest BCUT2D eigenvalue weighted by Gasteiger charge is -2.28. The van der Waals surface area contributed by atoms with Crippen molar-refractivity contribution in [3.8, 4) is 0 Å². The molecule has 120 valence electrons. The summed E-state index contributed by atoms with van der Waals surface area (Å²) < 4.78 is 1.50. The van der Waals surface area contributed by atoms with Gasteiger partial charge in [0.15, 0.2) is 0 Å². The third-order valence-electron chi connectivity index (χ3n) is 4.13. The standard InChI is InChI=1S/C17H19N3O3/c1-2-20-16(21)9-14-11-19(8-7-15(14)18-20)10-12-3-5-13(6-4-12)17(22)23/h3-6,9H,2,7-8,10-11H2,1H3,(H,22,23). The Kier molecular flexibility index (Phi) is 4.25. The number of fused-ring (bicyclic) bond motifs is 1. The highest BCUT2D eigenvalue weighted by atomic mass is 16.4. The van der Waals surface area contributed by atoms with E-state index in [1.807, 2.05) is 19.1 Å². The number of benzene rings is 1. The van der Waals surface area contributed by atoms with Crippen LogP contribution in [0.1, 0.15) is 34.1 Å². The minimum Gasteiger partial charge on any atom is -0.478 e. The van der Waals surface area contributed by atoms with Crippen molar-refractivity contribution in [1.82, 2.24) is 14.7 Å². The minimum absolute atomic E-state index is 0.0566. The number of aryl methyl sites for hydroxylation is 1. The minimum atomic E-state index is -0.915. The molecule has 0 radical (unpaired) electrons. The number of carboxylic acids is 1. The lowest BCUT2D eigenvalue weighted by atomic mass is 10.1. The summed E-state index contributed by atoms with van der Waals surface area (Å²) in [6.07, 6.45) is 0.822. The summed E-state index contributed by atoms with van der Waals surface area (Å²) in [6, 6.07) is 8.61. The van der Waals surface area contributed by atoms with Gasteiger partial charge in [0.2, 0.25) is 0 Å². The Morgan fingerprint density at radius 3 is 2.70 bits per heavy atom. The molecule has 1 N–H and O–H groups in total. The van der Waals surface area contributed by atoms with Gasteiger partial charge in [-0.25, -0.2) is 9.48 Å². The van der Waals surface area contributed by atoms with Crippen molar-refractivity contribution in [2.45, 2.75) is 33.0 Å². The molecule has 0 atom stereocenters. The Morgan fingerprint density at radius 1 is 1.30 bits per heavy atom. The van der Waals surface area contributed by atoms with Crippen LogP contribution in [-0.2, 0) is 26.1 Å². The molecule has 0 bridgehead atoms. The molecular weight excluding hydrogens is 294 g/mol. The maximum atomic E-state index is 11.9. The third-order valence-corrected chi connectivity index (χ3v) is 4.13. The van der Waals surface area contributed by atoms with E-state index in [1.54, 1.807) is 18.2 Å². The maximum absolute atomic E-state index is 11.9. The topological polar surface area (TPSA) is 75.4 Å². The second-order valence-electron chi connectivity index (χ2n) is 5.73. The molecule has 6 heteroatoms. The molecule has 0 fully saturated rings. The van der Waals surface area contributed by atoms with Crippen molar-refractivity contribution in [3.05, 3.63) is 63.1 Å². The van der Waals surface area contributed by atoms with Gasteiger partial charge < -0.3 is 5.11 Å². The Labute approximate surface area is 134 Å². The fraction of sp³-hybridized carbons (Fsp3) is 0.353. The molecule has 23 heavy (non-hydrogen) atoms. The average molecular weight is 313 g/mol. The van der Waals surface area contributed by atoms with E-state index in [0.717, 1.165) is 36.3 Å². The first-order valence-electron chi connectivity index (χ1n) is 7.71. The molecule has 1 aromatic heterocycles. The van der Waals surface area contributed by atoms with E-state index < -0.39 is 5.97 Å². The zero-order valence-corrected chi connectivity index (χ0v) is 13.0. The summed E-state index contributed by atoms with van der Waals surface area (Å²) in [5.74, 6) is -0.915. The van der Waals surface area contributed by atoms with Crippen molar-refractivity contribution >= 4 is 5.97 Å². The van der Waals surface area contributed by atoms with Crippen LogP contribution in [0.5, 0.6) is 0 Å². The van der Waals surface area contributed by atoms with Crippen molar-refractivity contribution in [2.75, 3.05) is 6.54 Å². The zero-order valence-electron chi connectivity index (χ0n) is 13.0. The smallest absolute Gasteiger partial charge is 0.335 e. The predicted octanol–water partition coefficient (Wildman–Crippen LogP) is 1.52. The number of carbonyl (C=O) groups is 1. The summed E-state index contributed by atoms with van der Waals surface area (Å²) in [7, 11) is 0. The van der Waals surface area contributed by atoms with Gasteiger partial charge in [0, 0.05) is 38.7 Å². The van der Waals surface area contributed by atoms with Gasteiger partial charge in [-0.2, -0.15) is 5.10 Å². The first-order valence-corrected chi connectivity index (χ1v) is 7.71. The van der Waals surface area contributed by atoms with E-state index in [9.17, 15) is 9.59 Å². The van der Waals surface area contributed by atoms with Gasteiger partial charge >= 0.3 is 5.97 Å². The fourth-order valence-electron chi connectivity index (χ4n) is 2.87. The van der Waals surface area contributed by atoms with Crippen molar-refractivity contribution in [1.29, 1.82) is 0 Å². The van der Waals surface area contributed by atoms with Gasteiger partial charge in [-0.05, 0) is 30.2 Å². The van der Waals surface area contributed by atoms with E-state index in [1.165, 1.54) is 4.68 Å². The SMILES string of the molecule is CCn1nc2c(cc1=O)CN(Cc1ccc(C(=O)O)cc1)CC2. The van der Waals surface area contributed by atoms with Crippen LogP contribution in [0.25, 0.3) is 0 Å². The average Bonchev–Trinajstić information content (AvgIpc) is 2.54. The molecule has 0 saturated heterocycles. The zero-order chi connectivity index (χ0) is 16.4. The fourth-order valence-corrected chi connectivity index (χ4v) is 2.87. The third kappa shape index (κ3) is 3.32. The summed E-state index contributed by atoms with van der Waals surface area (Å²) in [5.41, 5.74) is 3.30. The summed E-state index contributed by atoms with van der Waals surface area (Å²) in [5, 5.41) is 13.3. The van der Waals surface area contributed by atoms with Crippen molar-refractivity contribution < 1.29 is 9.90 Å². The maximum Gasteiger partial charge on any atom is 0.335 e. The highest BCUT2D eigenvalue weighted by Gasteiger charge is 2.19. The van der Waals surface area contributed by atoms with E-state index in [-0.39, 0.29) is 5.56 Å². The molecular formula is C17H19N3O3. The summed E-state index contributed by atoms with van der Waals surface area (Å²) in [4.78, 5) is 25.0. The van der Waals surface area contributed by atoms with E-state index in [4.69, 9.17) is 5.11 Å². The number of aromatic nitrogens is 2. The first kappa shape index (κ1) is 15.4. The Bertz CT molecular complexity index is 781. The summed E-state index contributed by atoms with van der Waals surface area (Å²) in [6.45, 7) is 4.81.